The van der Waals surface area contributed by atoms with Gasteiger partial charge in [-0.1, -0.05) is 314 Å². The van der Waals surface area contributed by atoms with Crippen molar-refractivity contribution in [2.24, 2.45) is 0 Å². The largest absolute Gasteiger partial charge is 0.472 e. The molecule has 0 saturated carbocycles. The van der Waals surface area contributed by atoms with Crippen LogP contribution in [0.1, 0.15) is 310 Å². The number of ether oxygens (including phenoxy) is 4. The van der Waals surface area contributed by atoms with Crippen molar-refractivity contribution in [2.75, 3.05) is 39.6 Å². The van der Waals surface area contributed by atoms with E-state index in [1.807, 2.05) is 12.2 Å². The molecule has 0 aliphatic rings. The molecule has 0 rings (SSSR count). The van der Waals surface area contributed by atoms with Gasteiger partial charge in [0.2, 0.25) is 0 Å². The minimum Gasteiger partial charge on any atom is -0.462 e. The van der Waals surface area contributed by atoms with Crippen molar-refractivity contribution in [3.8, 4) is 0 Å². The Kier molecular flexibility index (Phi) is 73.9. The zero-order chi connectivity index (χ0) is 77.4. The van der Waals surface area contributed by atoms with Gasteiger partial charge in [0.05, 0.1) is 32.8 Å². The molecule has 19 heteroatoms. The number of hydrogen-bond acceptors (Lipinski definition) is 15. The highest BCUT2D eigenvalue weighted by Crippen LogP contribution is 2.45. The minimum atomic E-state index is -5.01. The fourth-order valence-electron chi connectivity index (χ4n) is 10.5. The van der Waals surface area contributed by atoms with Gasteiger partial charge < -0.3 is 33.8 Å². The van der Waals surface area contributed by atoms with Crippen molar-refractivity contribution in [2.45, 2.75) is 329 Å². The zero-order valence-corrected chi connectivity index (χ0v) is 67.8. The normalized spacial score (nSPS) is 14.7. The molecule has 604 valence electrons. The van der Waals surface area contributed by atoms with E-state index in [0.717, 1.165) is 167 Å². The van der Waals surface area contributed by atoms with Crippen LogP contribution in [-0.2, 0) is 65.4 Å². The van der Waals surface area contributed by atoms with Gasteiger partial charge in [-0.25, -0.2) is 9.13 Å². The molecule has 106 heavy (non-hydrogen) atoms. The number of hydrogen-bond donors (Lipinski definition) is 3. The summed E-state index contributed by atoms with van der Waals surface area (Å²) in [6.45, 7) is 4.39. The Morgan fingerprint density at radius 1 is 0.283 bits per heavy atom. The number of allylic oxidation sites excluding steroid dienone is 25. The summed E-state index contributed by atoms with van der Waals surface area (Å²) in [4.78, 5) is 73.0. The maximum Gasteiger partial charge on any atom is 0.472 e. The molecule has 0 saturated heterocycles. The second kappa shape index (κ2) is 77.8. The van der Waals surface area contributed by atoms with E-state index in [4.69, 9.17) is 37.0 Å². The first kappa shape index (κ1) is 101. The van der Waals surface area contributed by atoms with Crippen LogP contribution >= 0.6 is 15.6 Å². The number of rotatable bonds is 75. The third kappa shape index (κ3) is 76.9. The van der Waals surface area contributed by atoms with Crippen LogP contribution in [0.15, 0.2) is 158 Å². The minimum absolute atomic E-state index is 0.0877. The summed E-state index contributed by atoms with van der Waals surface area (Å²) in [5.74, 6) is -2.37. The van der Waals surface area contributed by atoms with Crippen molar-refractivity contribution in [1.82, 2.24) is 0 Å². The lowest BCUT2D eigenvalue weighted by atomic mass is 10.0. The molecule has 0 amide bonds. The van der Waals surface area contributed by atoms with Gasteiger partial charge in [0.25, 0.3) is 0 Å². The lowest BCUT2D eigenvalue weighted by molar-refractivity contribution is -0.161. The number of esters is 4. The monoisotopic (exact) mass is 1520 g/mol. The van der Waals surface area contributed by atoms with Gasteiger partial charge in [-0.2, -0.15) is 0 Å². The molecule has 0 radical (unpaired) electrons. The van der Waals surface area contributed by atoms with E-state index < -0.39 is 97.5 Å². The van der Waals surface area contributed by atoms with E-state index in [1.54, 1.807) is 12.2 Å². The van der Waals surface area contributed by atoms with Gasteiger partial charge >= 0.3 is 39.5 Å². The molecular weight excluding hydrogens is 1380 g/mol. The van der Waals surface area contributed by atoms with Crippen molar-refractivity contribution in [3.63, 3.8) is 0 Å². The summed E-state index contributed by atoms with van der Waals surface area (Å²) >= 11 is 0. The smallest absolute Gasteiger partial charge is 0.462 e. The number of aliphatic hydroxyl groups is 1. The molecule has 0 aliphatic carbocycles. The van der Waals surface area contributed by atoms with Crippen molar-refractivity contribution >= 4 is 39.5 Å². The van der Waals surface area contributed by atoms with Gasteiger partial charge in [-0.05, 0) is 128 Å². The molecule has 0 aromatic rings. The van der Waals surface area contributed by atoms with Gasteiger partial charge in [-0.15, -0.1) is 0 Å². The summed E-state index contributed by atoms with van der Waals surface area (Å²) in [6, 6.07) is 0. The Hall–Kier alpha value is -5.32. The van der Waals surface area contributed by atoms with E-state index in [1.165, 1.54) is 64.2 Å². The predicted octanol–water partition coefficient (Wildman–Crippen LogP) is 24.0. The van der Waals surface area contributed by atoms with E-state index in [2.05, 4.69) is 161 Å². The molecule has 5 atom stereocenters. The van der Waals surface area contributed by atoms with Crippen LogP contribution in [-0.4, -0.2) is 96.7 Å². The van der Waals surface area contributed by atoms with Crippen molar-refractivity contribution in [3.05, 3.63) is 158 Å². The summed E-state index contributed by atoms with van der Waals surface area (Å²) in [5.41, 5.74) is 0. The lowest BCUT2D eigenvalue weighted by Gasteiger charge is -2.21. The summed E-state index contributed by atoms with van der Waals surface area (Å²) in [7, 11) is -10.0. The number of carbonyl (C=O) groups is 4. The molecule has 0 aliphatic heterocycles. The van der Waals surface area contributed by atoms with Crippen LogP contribution in [0, 0.1) is 0 Å². The molecule has 0 heterocycles. The Morgan fingerprint density at radius 2 is 0.528 bits per heavy atom. The molecule has 0 aromatic carbocycles. The number of aliphatic hydroxyl groups excluding tert-OH is 1. The molecule has 0 spiro atoms. The lowest BCUT2D eigenvalue weighted by Crippen LogP contribution is -2.30. The van der Waals surface area contributed by atoms with E-state index >= 15 is 0 Å². The molecule has 0 aromatic heterocycles. The maximum absolute atomic E-state index is 13.1. The first-order chi connectivity index (χ1) is 51.7. The van der Waals surface area contributed by atoms with Gasteiger partial charge in [-0.3, -0.25) is 37.3 Å². The average Bonchev–Trinajstić information content (AvgIpc) is 0.902. The van der Waals surface area contributed by atoms with Gasteiger partial charge in [0, 0.05) is 19.3 Å². The first-order valence-corrected chi connectivity index (χ1v) is 43.7. The van der Waals surface area contributed by atoms with Crippen LogP contribution < -0.4 is 0 Å². The highest BCUT2D eigenvalue weighted by molar-refractivity contribution is 7.47. The number of phosphoric ester groups is 2. The topological polar surface area (TPSA) is 237 Å². The Balaban J connectivity index is 5.45. The highest BCUT2D eigenvalue weighted by atomic mass is 31.2. The Labute approximate surface area is 642 Å². The van der Waals surface area contributed by atoms with Crippen LogP contribution in [0.5, 0.6) is 0 Å². The zero-order valence-electron chi connectivity index (χ0n) is 66.1. The Morgan fingerprint density at radius 3 is 0.840 bits per heavy atom. The molecule has 0 bridgehead atoms. The quantitative estimate of drug-likeness (QED) is 0.0169. The summed E-state index contributed by atoms with van der Waals surface area (Å²) in [6.07, 6.45) is 91.0. The third-order valence-corrected chi connectivity index (χ3v) is 18.4. The van der Waals surface area contributed by atoms with Gasteiger partial charge in [0.1, 0.15) is 19.3 Å². The van der Waals surface area contributed by atoms with Crippen molar-refractivity contribution in [1.29, 1.82) is 0 Å². The highest BCUT2D eigenvalue weighted by Gasteiger charge is 2.30. The second-order valence-electron chi connectivity index (χ2n) is 26.6. The van der Waals surface area contributed by atoms with Crippen LogP contribution in [0.4, 0.5) is 0 Å². The third-order valence-electron chi connectivity index (χ3n) is 16.5. The van der Waals surface area contributed by atoms with E-state index in [9.17, 15) is 43.2 Å². The summed E-state index contributed by atoms with van der Waals surface area (Å²) < 4.78 is 68.5. The predicted molar refractivity (Wildman–Crippen MR) is 436 cm³/mol. The molecule has 3 N–H and O–H groups in total. The molecular formula is C87H144O17P2. The summed E-state index contributed by atoms with van der Waals surface area (Å²) in [5, 5.41) is 10.6. The second-order valence-corrected chi connectivity index (χ2v) is 29.5. The first-order valence-electron chi connectivity index (χ1n) is 40.7. The van der Waals surface area contributed by atoms with Crippen LogP contribution in [0.3, 0.4) is 0 Å². The standard InChI is InChI=1S/C87H144O17P2/c1-5-9-13-17-21-25-29-33-37-39-40-42-46-48-52-56-60-64-68-72-85(90)98-78-83(104-87(92)74-70-66-62-58-54-50-44-36-32-28-24-20-16-12-8-4)80-102-106(95,96)100-76-81(88)75-99-105(93,94)101-79-82(103-86(91)73-69-65-61-57-53-49-43-35-31-27-23-19-15-11-7-3)77-97-84(89)71-67-63-59-55-51-47-45-41-38-34-30-26-22-18-14-10-6-2/h9-11,13-15,21-23,25-27,33-35,37-38,40,42-43,45,47,53,57,65,69,81-83,88H,5-8,12,16-20,24,28-32,36,39,41,44,46,48-52,54-56,58-64,66-68,70-80H2,1-4H3,(H,93,94)(H,95,96)/b13-9-,14-10-,15-11-,25-21-,26-22-,27-23-,37-33-,38-34-,42-40-,43-35-,47-45-,57-53-,69-65-. The molecule has 5 unspecified atom stereocenters. The van der Waals surface area contributed by atoms with Crippen LogP contribution in [0.25, 0.3) is 0 Å². The SMILES string of the molecule is CC/C=C\C/C=C\C/C=C\C/C=C\C/C=C\CC(=O)OC(COC(=O)CCCCCC/C=C\C/C=C\C/C=C\C/C=C\CC)COP(=O)(O)OCC(O)COP(=O)(O)OCC(COC(=O)CCCCCCCC/C=C\C/C=C\C/C=C\C/C=C\CC)OC(=O)CCCCCCCCCCCCCCCCC. The maximum atomic E-state index is 13.1. The average molecular weight is 1520 g/mol. The van der Waals surface area contributed by atoms with E-state index in [-0.39, 0.29) is 25.7 Å². The van der Waals surface area contributed by atoms with E-state index in [0.29, 0.717) is 25.7 Å². The fraction of sp³-hybridized carbons (Fsp3) is 0.655. The molecule has 0 fully saturated rings. The number of phosphoric acid groups is 2. The van der Waals surface area contributed by atoms with Crippen LogP contribution in [0.2, 0.25) is 0 Å². The van der Waals surface area contributed by atoms with Gasteiger partial charge in [0.15, 0.2) is 12.2 Å². The Bertz CT molecular complexity index is 2630. The van der Waals surface area contributed by atoms with Crippen molar-refractivity contribution < 1.29 is 80.2 Å². The number of unbranched alkanes of at least 4 members (excludes halogenated alkanes) is 24. The number of carbonyl (C=O) groups excluding carboxylic acids is 4. The molecule has 17 nitrogen and oxygen atoms in total. The fourth-order valence-corrected chi connectivity index (χ4v) is 12.0.